The minimum absolute atomic E-state index is 0.488. The van der Waals surface area contributed by atoms with Crippen LogP contribution in [-0.2, 0) is 10.0 Å². The highest BCUT2D eigenvalue weighted by Crippen LogP contribution is 2.40. The van der Waals surface area contributed by atoms with Crippen LogP contribution in [0, 0.1) is 0 Å². The molecule has 3 rings (SSSR count). The molecule has 5 heteroatoms. The summed E-state index contributed by atoms with van der Waals surface area (Å²) in [6.07, 6.45) is 0.557. The first-order valence-corrected chi connectivity index (χ1v) is 8.30. The molecule has 2 aromatic carbocycles. The van der Waals surface area contributed by atoms with Crippen molar-refractivity contribution < 1.29 is 8.42 Å². The lowest BCUT2D eigenvalue weighted by atomic mass is 10.1. The largest absolute Gasteiger partial charge is 0.270 e. The standard InChI is InChI=1S/C15H14ClNO2S/c16-14-9-5-4-8-13(14)15-10-11-17(20(15,18)19)12-6-2-1-3-7-12/h1-9,15H,10-11H2. The maximum Gasteiger partial charge on any atom is 0.242 e. The number of anilines is 1. The van der Waals surface area contributed by atoms with Crippen LogP contribution in [0.3, 0.4) is 0 Å². The van der Waals surface area contributed by atoms with E-state index in [0.717, 1.165) is 0 Å². The van der Waals surface area contributed by atoms with Gasteiger partial charge in [-0.1, -0.05) is 48.0 Å². The van der Waals surface area contributed by atoms with Gasteiger partial charge in [-0.3, -0.25) is 4.31 Å². The van der Waals surface area contributed by atoms with E-state index in [1.165, 1.54) is 4.31 Å². The number of nitrogens with zero attached hydrogens (tertiary/aromatic N) is 1. The van der Waals surface area contributed by atoms with Gasteiger partial charge in [-0.25, -0.2) is 8.42 Å². The predicted molar refractivity (Wildman–Crippen MR) is 81.5 cm³/mol. The molecule has 0 N–H and O–H groups in total. The molecular weight excluding hydrogens is 294 g/mol. The number of rotatable bonds is 2. The normalized spacial score (nSPS) is 21.1. The smallest absolute Gasteiger partial charge is 0.242 e. The van der Waals surface area contributed by atoms with Gasteiger partial charge < -0.3 is 0 Å². The van der Waals surface area contributed by atoms with Crippen LogP contribution in [-0.4, -0.2) is 15.0 Å². The summed E-state index contributed by atoms with van der Waals surface area (Å²) in [5, 5.41) is -0.0487. The lowest BCUT2D eigenvalue weighted by molar-refractivity contribution is 0.590. The van der Waals surface area contributed by atoms with Crippen molar-refractivity contribution in [1.29, 1.82) is 0 Å². The number of halogens is 1. The fourth-order valence-corrected chi connectivity index (χ4v) is 4.93. The third-order valence-electron chi connectivity index (χ3n) is 3.56. The van der Waals surface area contributed by atoms with Gasteiger partial charge in [0.1, 0.15) is 5.25 Å². The maximum atomic E-state index is 12.7. The van der Waals surface area contributed by atoms with Gasteiger partial charge in [0.15, 0.2) is 0 Å². The highest BCUT2D eigenvalue weighted by atomic mass is 35.5. The molecule has 1 aliphatic heterocycles. The molecule has 1 saturated heterocycles. The number of sulfonamides is 1. The van der Waals surface area contributed by atoms with E-state index in [2.05, 4.69) is 0 Å². The Morgan fingerprint density at radius 3 is 2.35 bits per heavy atom. The lowest BCUT2D eigenvalue weighted by Gasteiger charge is -2.19. The molecule has 0 aliphatic carbocycles. The second-order valence-electron chi connectivity index (χ2n) is 4.75. The number of para-hydroxylation sites is 1. The van der Waals surface area contributed by atoms with E-state index in [1.807, 2.05) is 42.5 Å². The highest BCUT2D eigenvalue weighted by Gasteiger charge is 2.40. The van der Waals surface area contributed by atoms with Gasteiger partial charge in [-0.2, -0.15) is 0 Å². The molecule has 1 atom stereocenters. The van der Waals surface area contributed by atoms with E-state index in [1.54, 1.807) is 12.1 Å². The average Bonchev–Trinajstić information content (AvgIpc) is 2.76. The average molecular weight is 308 g/mol. The van der Waals surface area contributed by atoms with Crippen molar-refractivity contribution in [3.8, 4) is 0 Å². The molecule has 104 valence electrons. The van der Waals surface area contributed by atoms with Crippen LogP contribution in [0.4, 0.5) is 5.69 Å². The zero-order chi connectivity index (χ0) is 14.2. The Kier molecular flexibility index (Phi) is 3.44. The molecule has 1 aliphatic rings. The number of benzene rings is 2. The number of hydrogen-bond acceptors (Lipinski definition) is 2. The Balaban J connectivity index is 2.01. The summed E-state index contributed by atoms with van der Waals surface area (Å²) < 4.78 is 26.9. The van der Waals surface area contributed by atoms with Gasteiger partial charge in [0.05, 0.1) is 5.69 Å². The summed E-state index contributed by atoms with van der Waals surface area (Å²) in [5.41, 5.74) is 1.40. The molecule has 0 aromatic heterocycles. The fraction of sp³-hybridized carbons (Fsp3) is 0.200. The molecule has 1 unspecified atom stereocenters. The van der Waals surface area contributed by atoms with Crippen molar-refractivity contribution in [3.63, 3.8) is 0 Å². The predicted octanol–water partition coefficient (Wildman–Crippen LogP) is 3.62. The van der Waals surface area contributed by atoms with Gasteiger partial charge in [-0.15, -0.1) is 0 Å². The summed E-state index contributed by atoms with van der Waals surface area (Å²) in [4.78, 5) is 0. The monoisotopic (exact) mass is 307 g/mol. The van der Waals surface area contributed by atoms with Crippen LogP contribution in [0.15, 0.2) is 54.6 Å². The molecule has 0 saturated carbocycles. The van der Waals surface area contributed by atoms with E-state index in [0.29, 0.717) is 29.2 Å². The van der Waals surface area contributed by atoms with Crippen molar-refractivity contribution >= 4 is 27.3 Å². The van der Waals surface area contributed by atoms with Crippen LogP contribution >= 0.6 is 11.6 Å². The Labute approximate surface area is 123 Å². The summed E-state index contributed by atoms with van der Waals surface area (Å²) in [5.74, 6) is 0. The Bertz CT molecular complexity index is 716. The highest BCUT2D eigenvalue weighted by molar-refractivity contribution is 7.93. The van der Waals surface area contributed by atoms with Gasteiger partial charge in [0, 0.05) is 11.6 Å². The molecule has 1 heterocycles. The molecule has 0 amide bonds. The third kappa shape index (κ3) is 2.19. The minimum atomic E-state index is -3.41. The van der Waals surface area contributed by atoms with E-state index in [-0.39, 0.29) is 0 Å². The van der Waals surface area contributed by atoms with Crippen molar-refractivity contribution in [2.24, 2.45) is 0 Å². The van der Waals surface area contributed by atoms with E-state index < -0.39 is 15.3 Å². The Morgan fingerprint density at radius 1 is 1.00 bits per heavy atom. The molecule has 0 radical (unpaired) electrons. The van der Waals surface area contributed by atoms with Crippen molar-refractivity contribution in [2.75, 3.05) is 10.8 Å². The molecule has 3 nitrogen and oxygen atoms in total. The van der Waals surface area contributed by atoms with Crippen LogP contribution < -0.4 is 4.31 Å². The molecule has 0 spiro atoms. The van der Waals surface area contributed by atoms with Gasteiger partial charge >= 0.3 is 0 Å². The Hall–Kier alpha value is -1.52. The summed E-state index contributed by atoms with van der Waals surface area (Å²) in [6.45, 7) is 0.488. The van der Waals surface area contributed by atoms with E-state index in [9.17, 15) is 8.42 Å². The summed E-state index contributed by atoms with van der Waals surface area (Å²) in [6, 6.07) is 16.3. The summed E-state index contributed by atoms with van der Waals surface area (Å²) >= 11 is 6.14. The first-order valence-electron chi connectivity index (χ1n) is 6.42. The fourth-order valence-electron chi connectivity index (χ4n) is 2.59. The molecular formula is C15H14ClNO2S. The lowest BCUT2D eigenvalue weighted by Crippen LogP contribution is -2.26. The minimum Gasteiger partial charge on any atom is -0.270 e. The second kappa shape index (κ2) is 5.11. The molecule has 20 heavy (non-hydrogen) atoms. The van der Waals surface area contributed by atoms with Gasteiger partial charge in [0.25, 0.3) is 0 Å². The van der Waals surface area contributed by atoms with Crippen molar-refractivity contribution in [1.82, 2.24) is 0 Å². The zero-order valence-corrected chi connectivity index (χ0v) is 12.3. The first-order chi connectivity index (χ1) is 9.60. The maximum absolute atomic E-state index is 12.7. The first kappa shape index (κ1) is 13.5. The van der Waals surface area contributed by atoms with Crippen LogP contribution in [0.2, 0.25) is 5.02 Å². The van der Waals surface area contributed by atoms with Gasteiger partial charge in [-0.05, 0) is 30.2 Å². The van der Waals surface area contributed by atoms with Crippen molar-refractivity contribution in [3.05, 3.63) is 65.2 Å². The second-order valence-corrected chi connectivity index (χ2v) is 7.20. The van der Waals surface area contributed by atoms with Crippen LogP contribution in [0.5, 0.6) is 0 Å². The van der Waals surface area contributed by atoms with E-state index in [4.69, 9.17) is 11.6 Å². The van der Waals surface area contributed by atoms with Crippen LogP contribution in [0.25, 0.3) is 0 Å². The Morgan fingerprint density at radius 2 is 1.65 bits per heavy atom. The molecule has 1 fully saturated rings. The van der Waals surface area contributed by atoms with E-state index >= 15 is 0 Å². The quantitative estimate of drug-likeness (QED) is 0.850. The topological polar surface area (TPSA) is 37.4 Å². The molecule has 2 aromatic rings. The zero-order valence-electron chi connectivity index (χ0n) is 10.7. The van der Waals surface area contributed by atoms with Gasteiger partial charge in [0.2, 0.25) is 10.0 Å². The molecule has 0 bridgehead atoms. The SMILES string of the molecule is O=S1(=O)C(c2ccccc2Cl)CCN1c1ccccc1. The van der Waals surface area contributed by atoms with Crippen molar-refractivity contribution in [2.45, 2.75) is 11.7 Å². The summed E-state index contributed by atoms with van der Waals surface area (Å²) in [7, 11) is -3.41. The van der Waals surface area contributed by atoms with Crippen LogP contribution in [0.1, 0.15) is 17.2 Å². The number of hydrogen-bond donors (Lipinski definition) is 0. The third-order valence-corrected chi connectivity index (χ3v) is 6.12.